The Morgan fingerprint density at radius 3 is 1.37 bits per heavy atom. The van der Waals surface area contributed by atoms with Crippen molar-refractivity contribution in [1.82, 2.24) is 0 Å². The molecule has 0 rings (SSSR count). The van der Waals surface area contributed by atoms with Crippen molar-refractivity contribution >= 4 is 16.8 Å². The van der Waals surface area contributed by atoms with E-state index in [4.69, 9.17) is 5.11 Å². The molecule has 0 aromatic heterocycles. The molecule has 0 amide bonds. The summed E-state index contributed by atoms with van der Waals surface area (Å²) >= 11 is 0. The fourth-order valence-corrected chi connectivity index (χ4v) is 2.79. The van der Waals surface area contributed by atoms with E-state index >= 15 is 0 Å². The Bertz CT molecular complexity index is 566. The van der Waals surface area contributed by atoms with Gasteiger partial charge in [-0.25, -0.2) is 0 Å². The molecule has 0 aliphatic rings. The fourth-order valence-electron chi connectivity index (χ4n) is 2.12. The molecule has 4 heteroatoms. The zero-order valence-corrected chi connectivity index (χ0v) is 17.4. The Hall–Kier alpha value is -1.94. The van der Waals surface area contributed by atoms with Crippen molar-refractivity contribution in [2.24, 2.45) is 0 Å². The minimum absolute atomic E-state index is 0.309. The molecule has 0 fully saturated rings. The van der Waals surface area contributed by atoms with Crippen molar-refractivity contribution < 1.29 is 14.1 Å². The van der Waals surface area contributed by atoms with Gasteiger partial charge in [-0.05, 0) is 44.9 Å². The van der Waals surface area contributed by atoms with Crippen LogP contribution in [-0.2, 0) is 15.6 Å². The number of carboxylic acid groups (broad SMARTS) is 1. The van der Waals surface area contributed by atoms with Gasteiger partial charge in [0.05, 0.1) is 0 Å². The van der Waals surface area contributed by atoms with E-state index in [0.717, 1.165) is 38.5 Å². The Morgan fingerprint density at radius 1 is 0.741 bits per heavy atom. The van der Waals surface area contributed by atoms with Gasteiger partial charge in [0.1, 0.15) is 5.25 Å². The highest BCUT2D eigenvalue weighted by molar-refractivity contribution is 7.85. The summed E-state index contributed by atoms with van der Waals surface area (Å²) in [6.07, 6.45) is 32.7. The van der Waals surface area contributed by atoms with Crippen molar-refractivity contribution in [2.45, 2.75) is 57.1 Å². The smallest absolute Gasteiger partial charge is 0.319 e. The molecule has 2 atom stereocenters. The van der Waals surface area contributed by atoms with Gasteiger partial charge in [-0.15, -0.1) is 0 Å². The van der Waals surface area contributed by atoms with Gasteiger partial charge in [0.15, 0.2) is 0 Å². The lowest BCUT2D eigenvalue weighted by molar-refractivity contribution is -0.136. The van der Waals surface area contributed by atoms with E-state index in [-0.39, 0.29) is 0 Å². The third kappa shape index (κ3) is 17.2. The number of hydrogen-bond acceptors (Lipinski definition) is 2. The highest BCUT2D eigenvalue weighted by Crippen LogP contribution is 2.03. The minimum atomic E-state index is -1.34. The van der Waals surface area contributed by atoms with Crippen LogP contribution >= 0.6 is 0 Å². The average Bonchev–Trinajstić information content (AvgIpc) is 2.63. The maximum Gasteiger partial charge on any atom is 0.319 e. The van der Waals surface area contributed by atoms with Crippen LogP contribution in [-0.4, -0.2) is 26.8 Å². The molecule has 1 N–H and O–H groups in total. The molecular weight excluding hydrogens is 356 g/mol. The van der Waals surface area contributed by atoms with E-state index in [1.54, 1.807) is 6.08 Å². The average molecular weight is 391 g/mol. The number of aliphatic carboxylic acids is 1. The molecule has 0 aliphatic heterocycles. The monoisotopic (exact) mass is 390 g/mol. The first kappa shape index (κ1) is 25.1. The normalized spacial score (nSPS) is 15.3. The van der Waals surface area contributed by atoms with Crippen LogP contribution in [0.5, 0.6) is 0 Å². The Balaban J connectivity index is 3.74. The van der Waals surface area contributed by atoms with Crippen LogP contribution in [0.2, 0.25) is 0 Å². The van der Waals surface area contributed by atoms with E-state index in [2.05, 4.69) is 61.6 Å². The summed E-state index contributed by atoms with van der Waals surface area (Å²) in [6.45, 7) is 2.14. The lowest BCUT2D eigenvalue weighted by Gasteiger charge is -2.04. The summed E-state index contributed by atoms with van der Waals surface area (Å²) in [7, 11) is -1.34. The predicted octanol–water partition coefficient (Wildman–Crippen LogP) is 5.91. The zero-order chi connectivity index (χ0) is 20.2. The molecular formula is C23H34O3S. The van der Waals surface area contributed by atoms with Gasteiger partial charge in [-0.1, -0.05) is 79.8 Å². The van der Waals surface area contributed by atoms with Crippen LogP contribution in [0.4, 0.5) is 0 Å². The molecule has 150 valence electrons. The third-order valence-corrected chi connectivity index (χ3v) is 4.82. The SMILES string of the molecule is CCC=CCC=CCC=CCC=CCC=CCC=CCC(C(=O)O)S(C)=O. The molecule has 0 radical (unpaired) electrons. The molecule has 0 aliphatic carbocycles. The first-order valence-electron chi connectivity index (χ1n) is 9.54. The van der Waals surface area contributed by atoms with Crippen molar-refractivity contribution in [1.29, 1.82) is 0 Å². The Morgan fingerprint density at radius 2 is 1.07 bits per heavy atom. The first-order valence-corrected chi connectivity index (χ1v) is 11.2. The second kappa shape index (κ2) is 18.8. The first-order chi connectivity index (χ1) is 13.1. The van der Waals surface area contributed by atoms with Crippen LogP contribution in [0.1, 0.15) is 51.9 Å². The van der Waals surface area contributed by atoms with Crippen LogP contribution in [0, 0.1) is 0 Å². The Labute approximate surface area is 167 Å². The van der Waals surface area contributed by atoms with Crippen molar-refractivity contribution in [3.8, 4) is 0 Å². The molecule has 2 unspecified atom stereocenters. The van der Waals surface area contributed by atoms with Crippen LogP contribution < -0.4 is 0 Å². The maximum atomic E-state index is 11.3. The predicted molar refractivity (Wildman–Crippen MR) is 118 cm³/mol. The standard InChI is InChI=1S/C23H34O3S/c1-3-4-5-6-7-8-9-10-11-12-13-14-15-16-17-18-19-20-21-22(23(24)25)27(2)26/h4-5,7-8,10-11,13-14,16-17,19-20,22H,3,6,9,12,15,18,21H2,1-2H3,(H,24,25). The van der Waals surface area contributed by atoms with Crippen molar-refractivity contribution in [3.63, 3.8) is 0 Å². The minimum Gasteiger partial charge on any atom is -0.480 e. The largest absolute Gasteiger partial charge is 0.480 e. The maximum absolute atomic E-state index is 11.3. The quantitative estimate of drug-likeness (QED) is 0.354. The lowest BCUT2D eigenvalue weighted by Crippen LogP contribution is -2.23. The van der Waals surface area contributed by atoms with E-state index in [1.165, 1.54) is 6.26 Å². The van der Waals surface area contributed by atoms with Gasteiger partial charge in [0.2, 0.25) is 0 Å². The second-order valence-corrected chi connectivity index (χ2v) is 7.54. The molecule has 0 aromatic rings. The summed E-state index contributed by atoms with van der Waals surface area (Å²) in [6, 6.07) is 0. The highest BCUT2D eigenvalue weighted by Gasteiger charge is 2.19. The molecule has 0 heterocycles. The van der Waals surface area contributed by atoms with E-state index in [1.807, 2.05) is 12.2 Å². The third-order valence-electron chi connectivity index (χ3n) is 3.62. The van der Waals surface area contributed by atoms with Gasteiger partial charge in [-0.2, -0.15) is 0 Å². The zero-order valence-electron chi connectivity index (χ0n) is 16.6. The van der Waals surface area contributed by atoms with Crippen LogP contribution in [0.15, 0.2) is 72.9 Å². The van der Waals surface area contributed by atoms with Crippen LogP contribution in [0.3, 0.4) is 0 Å². The summed E-state index contributed by atoms with van der Waals surface area (Å²) in [5.74, 6) is -1.00. The summed E-state index contributed by atoms with van der Waals surface area (Å²) in [5, 5.41) is 8.12. The van der Waals surface area contributed by atoms with Crippen LogP contribution in [0.25, 0.3) is 0 Å². The Kier molecular flexibility index (Phi) is 17.5. The van der Waals surface area contributed by atoms with E-state index < -0.39 is 22.0 Å². The fraction of sp³-hybridized carbons (Fsp3) is 0.435. The van der Waals surface area contributed by atoms with Gasteiger partial charge in [-0.3, -0.25) is 9.00 Å². The molecule has 27 heavy (non-hydrogen) atoms. The number of carboxylic acids is 1. The van der Waals surface area contributed by atoms with Gasteiger partial charge in [0, 0.05) is 17.1 Å². The van der Waals surface area contributed by atoms with Gasteiger partial charge in [0.25, 0.3) is 0 Å². The number of allylic oxidation sites excluding steroid dienone is 12. The number of hydrogen-bond donors (Lipinski definition) is 1. The summed E-state index contributed by atoms with van der Waals surface area (Å²) in [4.78, 5) is 10.9. The van der Waals surface area contributed by atoms with Gasteiger partial charge < -0.3 is 5.11 Å². The molecule has 0 saturated carbocycles. The molecule has 3 nitrogen and oxygen atoms in total. The molecule has 0 saturated heterocycles. The second-order valence-electron chi connectivity index (χ2n) is 5.98. The summed E-state index contributed by atoms with van der Waals surface area (Å²) < 4.78 is 11.3. The molecule has 0 spiro atoms. The van der Waals surface area contributed by atoms with E-state index in [0.29, 0.717) is 6.42 Å². The van der Waals surface area contributed by atoms with Crippen molar-refractivity contribution in [2.75, 3.05) is 6.26 Å². The summed E-state index contributed by atoms with van der Waals surface area (Å²) in [5.41, 5.74) is 0. The van der Waals surface area contributed by atoms with Crippen molar-refractivity contribution in [3.05, 3.63) is 72.9 Å². The lowest BCUT2D eigenvalue weighted by atomic mass is 10.2. The molecule has 0 bridgehead atoms. The number of rotatable bonds is 15. The molecule has 0 aromatic carbocycles. The number of carbonyl (C=O) groups is 1. The topological polar surface area (TPSA) is 54.4 Å². The van der Waals surface area contributed by atoms with E-state index in [9.17, 15) is 9.00 Å². The highest BCUT2D eigenvalue weighted by atomic mass is 32.2. The van der Waals surface area contributed by atoms with Gasteiger partial charge >= 0.3 is 5.97 Å².